The van der Waals surface area contributed by atoms with Crippen LogP contribution >= 0.6 is 35.0 Å². The molecule has 0 aliphatic heterocycles. The van der Waals surface area contributed by atoms with Gasteiger partial charge in [0.1, 0.15) is 0 Å². The van der Waals surface area contributed by atoms with Crippen LogP contribution in [0.1, 0.15) is 12.5 Å². The maximum absolute atomic E-state index is 6.08. The molecule has 1 aromatic rings. The summed E-state index contributed by atoms with van der Waals surface area (Å²) in [5.74, 6) is 1.10. The lowest BCUT2D eigenvalue weighted by Crippen LogP contribution is -2.27. The monoisotopic (exact) mass is 263 g/mol. The van der Waals surface area contributed by atoms with E-state index in [1.807, 2.05) is 23.9 Å². The van der Waals surface area contributed by atoms with Gasteiger partial charge in [0.15, 0.2) is 0 Å². The summed E-state index contributed by atoms with van der Waals surface area (Å²) in [5.41, 5.74) is 1.05. The van der Waals surface area contributed by atoms with E-state index in [0.717, 1.165) is 17.9 Å². The molecule has 0 aliphatic rings. The van der Waals surface area contributed by atoms with Gasteiger partial charge in [0.25, 0.3) is 0 Å². The van der Waals surface area contributed by atoms with Gasteiger partial charge in [-0.15, -0.1) is 0 Å². The van der Waals surface area contributed by atoms with Crippen molar-refractivity contribution in [1.29, 1.82) is 0 Å². The molecule has 1 unspecified atom stereocenters. The van der Waals surface area contributed by atoms with Crippen molar-refractivity contribution in [2.45, 2.75) is 19.5 Å². The van der Waals surface area contributed by atoms with Gasteiger partial charge in [-0.2, -0.15) is 11.8 Å². The Hall–Kier alpha value is 0.110. The van der Waals surface area contributed by atoms with Crippen molar-refractivity contribution >= 4 is 35.0 Å². The van der Waals surface area contributed by atoms with Crippen molar-refractivity contribution in [1.82, 2.24) is 5.32 Å². The Labute approximate surface area is 106 Å². The standard InChI is InChI=1S/C11H15Cl2NS/c1-8(7-15-2)14-6-9-4-3-5-10(12)11(9)13/h3-5,8,14H,6-7H2,1-2H3. The van der Waals surface area contributed by atoms with E-state index in [1.165, 1.54) is 0 Å². The Balaban J connectivity index is 2.54. The zero-order valence-electron chi connectivity index (χ0n) is 8.89. The Kier molecular flexibility index (Phi) is 5.83. The number of hydrogen-bond acceptors (Lipinski definition) is 2. The smallest absolute Gasteiger partial charge is 0.0637 e. The van der Waals surface area contributed by atoms with Crippen molar-refractivity contribution in [3.05, 3.63) is 33.8 Å². The molecule has 1 atom stereocenters. The van der Waals surface area contributed by atoms with Gasteiger partial charge in [0, 0.05) is 18.3 Å². The number of benzene rings is 1. The van der Waals surface area contributed by atoms with Crippen LogP contribution in [0.4, 0.5) is 0 Å². The molecule has 0 radical (unpaired) electrons. The molecule has 0 heterocycles. The minimum atomic E-state index is 0.482. The average molecular weight is 264 g/mol. The fourth-order valence-electron chi connectivity index (χ4n) is 1.28. The Bertz CT molecular complexity index is 317. The number of nitrogens with one attached hydrogen (secondary N) is 1. The molecule has 0 saturated carbocycles. The van der Waals surface area contributed by atoms with Gasteiger partial charge in [-0.3, -0.25) is 0 Å². The summed E-state index contributed by atoms with van der Waals surface area (Å²) in [6, 6.07) is 6.20. The first-order valence-electron chi connectivity index (χ1n) is 4.80. The largest absolute Gasteiger partial charge is 0.309 e. The maximum Gasteiger partial charge on any atom is 0.0637 e. The van der Waals surface area contributed by atoms with E-state index in [2.05, 4.69) is 18.5 Å². The van der Waals surface area contributed by atoms with Crippen LogP contribution in [0.3, 0.4) is 0 Å². The summed E-state index contributed by atoms with van der Waals surface area (Å²) >= 11 is 13.8. The van der Waals surface area contributed by atoms with E-state index < -0.39 is 0 Å². The van der Waals surface area contributed by atoms with E-state index >= 15 is 0 Å². The molecule has 0 saturated heterocycles. The molecule has 0 amide bonds. The van der Waals surface area contributed by atoms with Crippen molar-refractivity contribution < 1.29 is 0 Å². The summed E-state index contributed by atoms with van der Waals surface area (Å²) in [4.78, 5) is 0. The molecule has 1 rings (SSSR count). The highest BCUT2D eigenvalue weighted by Gasteiger charge is 2.05. The van der Waals surface area contributed by atoms with Gasteiger partial charge in [-0.25, -0.2) is 0 Å². The molecule has 0 fully saturated rings. The van der Waals surface area contributed by atoms with Crippen molar-refractivity contribution in [3.8, 4) is 0 Å². The summed E-state index contributed by atoms with van der Waals surface area (Å²) in [6.45, 7) is 2.93. The van der Waals surface area contributed by atoms with Gasteiger partial charge in [-0.1, -0.05) is 35.3 Å². The summed E-state index contributed by atoms with van der Waals surface area (Å²) in [5, 5.41) is 4.68. The highest BCUT2D eigenvalue weighted by atomic mass is 35.5. The quantitative estimate of drug-likeness (QED) is 0.867. The van der Waals surface area contributed by atoms with Crippen LogP contribution in [0.15, 0.2) is 18.2 Å². The first-order valence-corrected chi connectivity index (χ1v) is 6.95. The second-order valence-electron chi connectivity index (χ2n) is 3.45. The second-order valence-corrected chi connectivity index (χ2v) is 5.15. The number of halogens is 2. The van der Waals surface area contributed by atoms with Crippen LogP contribution in [0.5, 0.6) is 0 Å². The van der Waals surface area contributed by atoms with Crippen LogP contribution in [0.2, 0.25) is 10.0 Å². The fraction of sp³-hybridized carbons (Fsp3) is 0.455. The molecule has 1 N–H and O–H groups in total. The van der Waals surface area contributed by atoms with Crippen LogP contribution in [-0.4, -0.2) is 18.1 Å². The first kappa shape index (κ1) is 13.2. The van der Waals surface area contributed by atoms with E-state index in [-0.39, 0.29) is 0 Å². The number of hydrogen-bond donors (Lipinski definition) is 1. The fourth-order valence-corrected chi connectivity index (χ4v) is 2.28. The average Bonchev–Trinajstić information content (AvgIpc) is 2.21. The molecule has 0 bridgehead atoms. The zero-order valence-corrected chi connectivity index (χ0v) is 11.2. The SMILES string of the molecule is CSCC(C)NCc1cccc(Cl)c1Cl. The first-order chi connectivity index (χ1) is 7.15. The molecule has 0 aromatic heterocycles. The molecular formula is C11H15Cl2NS. The summed E-state index contributed by atoms with van der Waals surface area (Å²) < 4.78 is 0. The predicted octanol–water partition coefficient (Wildman–Crippen LogP) is 3.83. The third kappa shape index (κ3) is 4.23. The third-order valence-electron chi connectivity index (χ3n) is 2.09. The summed E-state index contributed by atoms with van der Waals surface area (Å²) in [6.07, 6.45) is 2.10. The van der Waals surface area contributed by atoms with Crippen molar-refractivity contribution in [2.24, 2.45) is 0 Å². The Morgan fingerprint density at radius 3 is 2.80 bits per heavy atom. The van der Waals surface area contributed by atoms with Gasteiger partial charge in [0.05, 0.1) is 10.0 Å². The Morgan fingerprint density at radius 2 is 2.13 bits per heavy atom. The van der Waals surface area contributed by atoms with Crippen molar-refractivity contribution in [3.63, 3.8) is 0 Å². The van der Waals surface area contributed by atoms with Gasteiger partial charge < -0.3 is 5.32 Å². The minimum absolute atomic E-state index is 0.482. The van der Waals surface area contributed by atoms with Gasteiger partial charge >= 0.3 is 0 Å². The lowest BCUT2D eigenvalue weighted by molar-refractivity contribution is 0.596. The molecule has 0 spiro atoms. The van der Waals surface area contributed by atoms with E-state index in [4.69, 9.17) is 23.2 Å². The van der Waals surface area contributed by atoms with Crippen LogP contribution in [0, 0.1) is 0 Å². The van der Waals surface area contributed by atoms with Crippen LogP contribution < -0.4 is 5.32 Å². The third-order valence-corrected chi connectivity index (χ3v) is 3.78. The highest BCUT2D eigenvalue weighted by Crippen LogP contribution is 2.25. The predicted molar refractivity (Wildman–Crippen MR) is 71.1 cm³/mol. The number of thioether (sulfide) groups is 1. The molecule has 84 valence electrons. The van der Waals surface area contributed by atoms with E-state index in [9.17, 15) is 0 Å². The zero-order chi connectivity index (χ0) is 11.3. The normalized spacial score (nSPS) is 12.8. The highest BCUT2D eigenvalue weighted by molar-refractivity contribution is 7.98. The van der Waals surface area contributed by atoms with E-state index in [1.54, 1.807) is 6.07 Å². The molecule has 0 aliphatic carbocycles. The van der Waals surface area contributed by atoms with Crippen LogP contribution in [0.25, 0.3) is 0 Å². The maximum atomic E-state index is 6.08. The van der Waals surface area contributed by atoms with Gasteiger partial charge in [0.2, 0.25) is 0 Å². The van der Waals surface area contributed by atoms with E-state index in [0.29, 0.717) is 16.1 Å². The second kappa shape index (κ2) is 6.64. The molecular weight excluding hydrogens is 249 g/mol. The minimum Gasteiger partial charge on any atom is -0.309 e. The Morgan fingerprint density at radius 1 is 1.40 bits per heavy atom. The van der Waals surface area contributed by atoms with Crippen molar-refractivity contribution in [2.75, 3.05) is 12.0 Å². The number of rotatable bonds is 5. The molecule has 15 heavy (non-hydrogen) atoms. The van der Waals surface area contributed by atoms with Gasteiger partial charge in [-0.05, 0) is 24.8 Å². The lowest BCUT2D eigenvalue weighted by Gasteiger charge is -2.13. The molecule has 4 heteroatoms. The summed E-state index contributed by atoms with van der Waals surface area (Å²) in [7, 11) is 0. The molecule has 1 aromatic carbocycles. The lowest BCUT2D eigenvalue weighted by atomic mass is 10.2. The topological polar surface area (TPSA) is 12.0 Å². The molecule has 1 nitrogen and oxygen atoms in total. The van der Waals surface area contributed by atoms with Crippen LogP contribution in [-0.2, 0) is 6.54 Å².